The summed E-state index contributed by atoms with van der Waals surface area (Å²) in [5.74, 6) is 7.15. The highest BCUT2D eigenvalue weighted by atomic mass is 14.6. The van der Waals surface area contributed by atoms with Crippen molar-refractivity contribution < 1.29 is 0 Å². The zero-order chi connectivity index (χ0) is 19.2. The van der Waals surface area contributed by atoms with E-state index in [1.54, 1.807) is 51.4 Å². The first-order chi connectivity index (χ1) is 12.9. The quantitative estimate of drug-likeness (QED) is 0.453. The first-order valence-electron chi connectivity index (χ1n) is 12.9. The minimum Gasteiger partial charge on any atom is -0.0628 e. The van der Waals surface area contributed by atoms with Crippen LogP contribution in [-0.4, -0.2) is 0 Å². The van der Waals surface area contributed by atoms with E-state index in [9.17, 15) is 0 Å². The molecule has 8 atom stereocenters. The first-order valence-corrected chi connectivity index (χ1v) is 12.9. The van der Waals surface area contributed by atoms with Crippen LogP contribution >= 0.6 is 0 Å². The van der Waals surface area contributed by atoms with Crippen LogP contribution in [0.3, 0.4) is 0 Å². The lowest BCUT2D eigenvalue weighted by molar-refractivity contribution is -0.114. The Morgan fingerprint density at radius 3 is 2.30 bits per heavy atom. The number of fused-ring (bicyclic) bond motifs is 5. The van der Waals surface area contributed by atoms with E-state index in [0.29, 0.717) is 10.8 Å². The van der Waals surface area contributed by atoms with Gasteiger partial charge in [0.15, 0.2) is 0 Å². The second-order valence-corrected chi connectivity index (χ2v) is 12.4. The summed E-state index contributed by atoms with van der Waals surface area (Å²) >= 11 is 0. The van der Waals surface area contributed by atoms with Gasteiger partial charge >= 0.3 is 0 Å². The van der Waals surface area contributed by atoms with Crippen LogP contribution in [0.4, 0.5) is 0 Å². The van der Waals surface area contributed by atoms with Crippen LogP contribution in [0.15, 0.2) is 0 Å². The van der Waals surface area contributed by atoms with Gasteiger partial charge in [-0.1, -0.05) is 66.7 Å². The standard InChI is InChI=1S/C27H48/c1-19(2)9-8-10-20(3)23-14-15-24-22-13-12-21-11-6-7-17-26(21,4)25(22)16-18-27(23,24)5/h19-25H,6-18H2,1-5H3/t20-,21-,22-,23+,24-,25-,26+,27-/m1/s1. The monoisotopic (exact) mass is 372 g/mol. The first kappa shape index (κ1) is 20.3. The van der Waals surface area contributed by atoms with Crippen molar-refractivity contribution in [1.82, 2.24) is 0 Å². The van der Waals surface area contributed by atoms with Gasteiger partial charge in [0.05, 0.1) is 0 Å². The van der Waals surface area contributed by atoms with E-state index in [2.05, 4.69) is 34.6 Å². The highest BCUT2D eigenvalue weighted by molar-refractivity contribution is 5.09. The Morgan fingerprint density at radius 2 is 1.52 bits per heavy atom. The fraction of sp³-hybridized carbons (Fsp3) is 1.00. The van der Waals surface area contributed by atoms with E-state index in [1.807, 2.05) is 0 Å². The second-order valence-electron chi connectivity index (χ2n) is 12.4. The third-order valence-corrected chi connectivity index (χ3v) is 10.8. The van der Waals surface area contributed by atoms with Crippen molar-refractivity contribution in [3.63, 3.8) is 0 Å². The molecule has 0 aromatic heterocycles. The van der Waals surface area contributed by atoms with Gasteiger partial charge in [-0.15, -0.1) is 0 Å². The second kappa shape index (κ2) is 7.68. The molecule has 4 rings (SSSR count). The van der Waals surface area contributed by atoms with Crippen LogP contribution in [0.2, 0.25) is 0 Å². The molecule has 0 heterocycles. The normalized spacial score (nSPS) is 48.0. The van der Waals surface area contributed by atoms with Crippen molar-refractivity contribution in [2.24, 2.45) is 52.3 Å². The predicted molar refractivity (Wildman–Crippen MR) is 118 cm³/mol. The highest BCUT2D eigenvalue weighted by Gasteiger charge is 2.59. The van der Waals surface area contributed by atoms with Crippen LogP contribution in [0.1, 0.15) is 118 Å². The summed E-state index contributed by atoms with van der Waals surface area (Å²) in [6.07, 6.45) is 19.9. The summed E-state index contributed by atoms with van der Waals surface area (Å²) in [6, 6.07) is 0. The molecule has 0 aromatic carbocycles. The lowest BCUT2D eigenvalue weighted by Gasteiger charge is -2.61. The summed E-state index contributed by atoms with van der Waals surface area (Å²) in [5.41, 5.74) is 1.39. The molecule has 4 saturated carbocycles. The topological polar surface area (TPSA) is 0 Å². The lowest BCUT2D eigenvalue weighted by atomic mass is 9.44. The van der Waals surface area contributed by atoms with Gasteiger partial charge in [0.25, 0.3) is 0 Å². The highest BCUT2D eigenvalue weighted by Crippen LogP contribution is 2.68. The molecule has 0 N–H and O–H groups in total. The minimum atomic E-state index is 0.677. The summed E-state index contributed by atoms with van der Waals surface area (Å²) in [5, 5.41) is 0. The Hall–Kier alpha value is 0. The largest absolute Gasteiger partial charge is 0.0628 e. The fourth-order valence-electron chi connectivity index (χ4n) is 9.32. The molecule has 4 aliphatic carbocycles. The Labute approximate surface area is 170 Å². The Bertz CT molecular complexity index is 506. The number of hydrogen-bond acceptors (Lipinski definition) is 0. The molecule has 4 fully saturated rings. The van der Waals surface area contributed by atoms with Gasteiger partial charge in [-0.3, -0.25) is 0 Å². The molecule has 0 nitrogen and oxygen atoms in total. The van der Waals surface area contributed by atoms with Crippen molar-refractivity contribution in [3.05, 3.63) is 0 Å². The van der Waals surface area contributed by atoms with Crippen LogP contribution in [0.5, 0.6) is 0 Å². The molecular weight excluding hydrogens is 324 g/mol. The van der Waals surface area contributed by atoms with Crippen LogP contribution in [0.25, 0.3) is 0 Å². The van der Waals surface area contributed by atoms with Gasteiger partial charge in [-0.25, -0.2) is 0 Å². The van der Waals surface area contributed by atoms with E-state index in [0.717, 1.165) is 41.4 Å². The van der Waals surface area contributed by atoms with Crippen molar-refractivity contribution in [1.29, 1.82) is 0 Å². The van der Waals surface area contributed by atoms with E-state index in [4.69, 9.17) is 0 Å². The lowest BCUT2D eigenvalue weighted by Crippen LogP contribution is -2.53. The van der Waals surface area contributed by atoms with Gasteiger partial charge in [0.1, 0.15) is 0 Å². The average Bonchev–Trinajstić information content (AvgIpc) is 2.98. The summed E-state index contributed by atoms with van der Waals surface area (Å²) in [6.45, 7) is 12.9. The molecule has 0 amide bonds. The van der Waals surface area contributed by atoms with E-state index in [1.165, 1.54) is 32.1 Å². The summed E-state index contributed by atoms with van der Waals surface area (Å²) in [7, 11) is 0. The molecule has 0 aliphatic heterocycles. The van der Waals surface area contributed by atoms with Gasteiger partial charge in [0.2, 0.25) is 0 Å². The van der Waals surface area contributed by atoms with Crippen molar-refractivity contribution >= 4 is 0 Å². The van der Waals surface area contributed by atoms with Crippen molar-refractivity contribution in [2.75, 3.05) is 0 Å². The van der Waals surface area contributed by atoms with Crippen LogP contribution in [0, 0.1) is 52.3 Å². The predicted octanol–water partition coefficient (Wildman–Crippen LogP) is 8.50. The molecule has 0 heteroatoms. The molecule has 0 radical (unpaired) electrons. The van der Waals surface area contributed by atoms with Gasteiger partial charge in [-0.05, 0) is 104 Å². The molecule has 0 spiro atoms. The molecule has 4 aliphatic rings. The third-order valence-electron chi connectivity index (χ3n) is 10.8. The van der Waals surface area contributed by atoms with E-state index >= 15 is 0 Å². The summed E-state index contributed by atoms with van der Waals surface area (Å²) < 4.78 is 0. The zero-order valence-electron chi connectivity index (χ0n) is 19.2. The van der Waals surface area contributed by atoms with E-state index in [-0.39, 0.29) is 0 Å². The molecular formula is C27H48. The molecule has 0 saturated heterocycles. The Kier molecular flexibility index (Phi) is 5.77. The van der Waals surface area contributed by atoms with E-state index < -0.39 is 0 Å². The Balaban J connectivity index is 1.46. The van der Waals surface area contributed by atoms with Crippen molar-refractivity contribution in [2.45, 2.75) is 118 Å². The average molecular weight is 373 g/mol. The molecule has 0 bridgehead atoms. The SMILES string of the molecule is CC(C)CCC[C@@H](C)[C@@H]1CC[C@@H]2[C@H]3CC[C@H]4CCCC[C@]4(C)[C@@H]3CC[C@@]21C. The number of rotatable bonds is 5. The third kappa shape index (κ3) is 3.44. The maximum Gasteiger partial charge on any atom is -0.0264 e. The van der Waals surface area contributed by atoms with Gasteiger partial charge in [-0.2, -0.15) is 0 Å². The minimum absolute atomic E-state index is 0.677. The molecule has 0 aromatic rings. The number of hydrogen-bond donors (Lipinski definition) is 0. The molecule has 156 valence electrons. The maximum absolute atomic E-state index is 2.75. The van der Waals surface area contributed by atoms with Crippen LogP contribution < -0.4 is 0 Å². The zero-order valence-corrected chi connectivity index (χ0v) is 19.2. The maximum atomic E-state index is 2.75. The molecule has 0 unspecified atom stereocenters. The van der Waals surface area contributed by atoms with Crippen molar-refractivity contribution in [3.8, 4) is 0 Å². The van der Waals surface area contributed by atoms with Crippen LogP contribution in [-0.2, 0) is 0 Å². The van der Waals surface area contributed by atoms with Gasteiger partial charge < -0.3 is 0 Å². The molecule has 27 heavy (non-hydrogen) atoms. The Morgan fingerprint density at radius 1 is 0.741 bits per heavy atom. The fourth-order valence-corrected chi connectivity index (χ4v) is 9.32. The smallest absolute Gasteiger partial charge is 0.0264 e. The van der Waals surface area contributed by atoms with Gasteiger partial charge in [0, 0.05) is 0 Å². The summed E-state index contributed by atoms with van der Waals surface area (Å²) in [4.78, 5) is 0.